The van der Waals surface area contributed by atoms with E-state index in [9.17, 15) is 22.8 Å². The highest BCUT2D eigenvalue weighted by Gasteiger charge is 2.31. The van der Waals surface area contributed by atoms with Crippen LogP contribution in [0.25, 0.3) is 0 Å². The van der Waals surface area contributed by atoms with E-state index in [2.05, 4.69) is 10.2 Å². The molecule has 1 aliphatic heterocycles. The van der Waals surface area contributed by atoms with Crippen LogP contribution in [0.15, 0.2) is 48.5 Å². The van der Waals surface area contributed by atoms with Gasteiger partial charge in [-0.3, -0.25) is 14.5 Å². The summed E-state index contributed by atoms with van der Waals surface area (Å²) in [5.74, 6) is -0.319. The van der Waals surface area contributed by atoms with Crippen molar-refractivity contribution in [3.63, 3.8) is 0 Å². The molecule has 8 heteroatoms. The minimum Gasteiger partial charge on any atom is -0.369 e. The summed E-state index contributed by atoms with van der Waals surface area (Å²) in [5.41, 5.74) is 1.02. The lowest BCUT2D eigenvalue weighted by Gasteiger charge is -2.38. The maximum Gasteiger partial charge on any atom is 0.416 e. The van der Waals surface area contributed by atoms with E-state index in [1.165, 1.54) is 19.1 Å². The molecular formula is C22H24F3N3O2. The number of carbonyl (C=O) groups is 2. The number of ketones is 1. The maximum atomic E-state index is 12.9. The fraction of sp³-hybridized carbons (Fsp3) is 0.364. The fourth-order valence-corrected chi connectivity index (χ4v) is 3.46. The highest BCUT2D eigenvalue weighted by molar-refractivity contribution is 5.95. The van der Waals surface area contributed by atoms with Crippen molar-refractivity contribution in [1.29, 1.82) is 0 Å². The highest BCUT2D eigenvalue weighted by Crippen LogP contribution is 2.30. The molecule has 1 N–H and O–H groups in total. The molecule has 30 heavy (non-hydrogen) atoms. The van der Waals surface area contributed by atoms with Crippen LogP contribution in [0.2, 0.25) is 0 Å². The highest BCUT2D eigenvalue weighted by atomic mass is 19.4. The number of hydrogen-bond acceptors (Lipinski definition) is 4. The summed E-state index contributed by atoms with van der Waals surface area (Å²) < 4.78 is 38.6. The molecule has 0 aliphatic carbocycles. The number of carbonyl (C=O) groups excluding carboxylic acids is 2. The second kappa shape index (κ2) is 8.87. The van der Waals surface area contributed by atoms with Gasteiger partial charge < -0.3 is 10.2 Å². The number of halogens is 3. The zero-order chi connectivity index (χ0) is 21.9. The molecule has 1 amide bonds. The molecule has 0 bridgehead atoms. The molecule has 1 aliphatic rings. The van der Waals surface area contributed by atoms with Gasteiger partial charge in [-0.2, -0.15) is 13.2 Å². The molecule has 0 aromatic heterocycles. The van der Waals surface area contributed by atoms with Crippen LogP contribution in [-0.2, 0) is 11.0 Å². The lowest BCUT2D eigenvalue weighted by Crippen LogP contribution is -2.52. The van der Waals surface area contributed by atoms with Crippen LogP contribution in [-0.4, -0.2) is 48.8 Å². The van der Waals surface area contributed by atoms with Gasteiger partial charge in [0.25, 0.3) is 0 Å². The average Bonchev–Trinajstić information content (AvgIpc) is 2.73. The lowest BCUT2D eigenvalue weighted by atomic mass is 10.1. The first-order valence-electron chi connectivity index (χ1n) is 9.73. The van der Waals surface area contributed by atoms with E-state index in [0.29, 0.717) is 31.7 Å². The molecule has 0 radical (unpaired) electrons. The fourth-order valence-electron chi connectivity index (χ4n) is 3.46. The third-order valence-electron chi connectivity index (χ3n) is 5.34. The molecule has 0 spiro atoms. The zero-order valence-corrected chi connectivity index (χ0v) is 16.9. The molecule has 1 fully saturated rings. The SMILES string of the molecule is CC(=O)c1ccc(N2CCN([C@@H](C)C(=O)Nc3cccc(C(F)(F)F)c3)CC2)cc1. The molecule has 2 aromatic carbocycles. The summed E-state index contributed by atoms with van der Waals surface area (Å²) in [6.07, 6.45) is -4.45. The van der Waals surface area contributed by atoms with Crippen LogP contribution in [0.3, 0.4) is 0 Å². The smallest absolute Gasteiger partial charge is 0.369 e. The summed E-state index contributed by atoms with van der Waals surface area (Å²) in [6.45, 7) is 5.98. The first-order chi connectivity index (χ1) is 14.1. The van der Waals surface area contributed by atoms with E-state index in [1.807, 2.05) is 17.0 Å². The van der Waals surface area contributed by atoms with Gasteiger partial charge in [-0.05, 0) is 56.3 Å². The summed E-state index contributed by atoms with van der Waals surface area (Å²) in [4.78, 5) is 28.1. The molecule has 3 rings (SSSR count). The summed E-state index contributed by atoms with van der Waals surface area (Å²) in [7, 11) is 0. The number of benzene rings is 2. The van der Waals surface area contributed by atoms with Crippen molar-refractivity contribution in [2.24, 2.45) is 0 Å². The van der Waals surface area contributed by atoms with Crippen molar-refractivity contribution in [3.05, 3.63) is 59.7 Å². The minimum absolute atomic E-state index is 0.0203. The zero-order valence-electron chi connectivity index (χ0n) is 16.9. The Labute approximate surface area is 173 Å². The number of hydrogen-bond donors (Lipinski definition) is 1. The van der Waals surface area contributed by atoms with E-state index in [-0.39, 0.29) is 17.4 Å². The minimum atomic E-state index is -4.45. The number of anilines is 2. The normalized spacial score (nSPS) is 16.2. The van der Waals surface area contributed by atoms with Gasteiger partial charge in [-0.15, -0.1) is 0 Å². The van der Waals surface area contributed by atoms with Gasteiger partial charge in [-0.1, -0.05) is 6.07 Å². The molecule has 2 aromatic rings. The Bertz CT molecular complexity index is 905. The second-order valence-corrected chi connectivity index (χ2v) is 7.37. The monoisotopic (exact) mass is 419 g/mol. The number of rotatable bonds is 5. The van der Waals surface area contributed by atoms with Crippen LogP contribution in [0.5, 0.6) is 0 Å². The van der Waals surface area contributed by atoms with E-state index >= 15 is 0 Å². The van der Waals surface area contributed by atoms with Crippen molar-refractivity contribution in [2.45, 2.75) is 26.1 Å². The Morgan fingerprint density at radius 2 is 1.63 bits per heavy atom. The molecule has 0 unspecified atom stereocenters. The number of alkyl halides is 3. The Balaban J connectivity index is 1.56. The predicted octanol–water partition coefficient (Wildman–Crippen LogP) is 4.06. The van der Waals surface area contributed by atoms with Crippen LogP contribution >= 0.6 is 0 Å². The number of nitrogens with zero attached hydrogens (tertiary/aromatic N) is 2. The van der Waals surface area contributed by atoms with Gasteiger partial charge in [0.1, 0.15) is 0 Å². The standard InChI is InChI=1S/C22H24F3N3O2/c1-15(21(30)26-19-5-3-4-18(14-19)22(23,24)25)27-10-12-28(13-11-27)20-8-6-17(7-9-20)16(2)29/h3-9,14-15H,10-13H2,1-2H3,(H,26,30)/t15-/m0/s1. The Morgan fingerprint density at radius 3 is 2.20 bits per heavy atom. The molecule has 1 heterocycles. The Kier molecular flexibility index (Phi) is 6.45. The molecule has 1 saturated heterocycles. The maximum absolute atomic E-state index is 12.9. The number of nitrogens with one attached hydrogen (secondary N) is 1. The van der Waals surface area contributed by atoms with Crippen molar-refractivity contribution < 1.29 is 22.8 Å². The van der Waals surface area contributed by atoms with Gasteiger partial charge >= 0.3 is 6.18 Å². The number of Topliss-reactive ketones (excluding diaryl/α,β-unsaturated/α-hetero) is 1. The van der Waals surface area contributed by atoms with Gasteiger partial charge in [0.15, 0.2) is 5.78 Å². The topological polar surface area (TPSA) is 52.7 Å². The van der Waals surface area contributed by atoms with Crippen molar-refractivity contribution >= 4 is 23.1 Å². The van der Waals surface area contributed by atoms with Crippen molar-refractivity contribution in [2.75, 3.05) is 36.4 Å². The van der Waals surface area contributed by atoms with Gasteiger partial charge in [-0.25, -0.2) is 0 Å². The second-order valence-electron chi connectivity index (χ2n) is 7.37. The number of piperazine rings is 1. The summed E-state index contributed by atoms with van der Waals surface area (Å²) in [5, 5.41) is 2.59. The summed E-state index contributed by atoms with van der Waals surface area (Å²) in [6, 6.07) is 11.6. The van der Waals surface area contributed by atoms with Gasteiger partial charge in [0.2, 0.25) is 5.91 Å². The van der Waals surface area contributed by atoms with E-state index < -0.39 is 17.8 Å². The van der Waals surface area contributed by atoms with Crippen molar-refractivity contribution in [1.82, 2.24) is 4.90 Å². The van der Waals surface area contributed by atoms with Crippen LogP contribution in [0.1, 0.15) is 29.8 Å². The van der Waals surface area contributed by atoms with Crippen LogP contribution in [0, 0.1) is 0 Å². The molecule has 160 valence electrons. The van der Waals surface area contributed by atoms with Gasteiger partial charge in [0, 0.05) is 43.1 Å². The first kappa shape index (κ1) is 21.8. The largest absolute Gasteiger partial charge is 0.416 e. The van der Waals surface area contributed by atoms with Crippen LogP contribution in [0.4, 0.5) is 24.5 Å². The first-order valence-corrected chi connectivity index (χ1v) is 9.73. The molecule has 1 atom stereocenters. The lowest BCUT2D eigenvalue weighted by molar-refractivity contribution is -0.137. The predicted molar refractivity (Wildman–Crippen MR) is 110 cm³/mol. The number of amides is 1. The molecule has 0 saturated carbocycles. The third-order valence-corrected chi connectivity index (χ3v) is 5.34. The van der Waals surface area contributed by atoms with Crippen LogP contribution < -0.4 is 10.2 Å². The van der Waals surface area contributed by atoms with E-state index in [1.54, 1.807) is 19.1 Å². The van der Waals surface area contributed by atoms with Crippen molar-refractivity contribution in [3.8, 4) is 0 Å². The molecule has 5 nitrogen and oxygen atoms in total. The molecular weight excluding hydrogens is 395 g/mol. The van der Waals surface area contributed by atoms with E-state index in [4.69, 9.17) is 0 Å². The quantitative estimate of drug-likeness (QED) is 0.743. The summed E-state index contributed by atoms with van der Waals surface area (Å²) >= 11 is 0. The third kappa shape index (κ3) is 5.18. The van der Waals surface area contributed by atoms with Gasteiger partial charge in [0.05, 0.1) is 11.6 Å². The van der Waals surface area contributed by atoms with E-state index in [0.717, 1.165) is 17.8 Å². The average molecular weight is 419 g/mol. The Hall–Kier alpha value is -2.87. The Morgan fingerprint density at radius 1 is 1.00 bits per heavy atom.